The van der Waals surface area contributed by atoms with Crippen molar-refractivity contribution in [3.8, 4) is 0 Å². The zero-order valence-electron chi connectivity index (χ0n) is 25.0. The van der Waals surface area contributed by atoms with Gasteiger partial charge in [0.2, 0.25) is 0 Å². The Balaban J connectivity index is 1.63. The van der Waals surface area contributed by atoms with Gasteiger partial charge in [-0.15, -0.1) is 5.10 Å². The van der Waals surface area contributed by atoms with Crippen LogP contribution in [0.25, 0.3) is 21.8 Å². The third-order valence-corrected chi connectivity index (χ3v) is 7.56. The number of carbonyl (C=O) groups excluding carboxylic acids is 2. The van der Waals surface area contributed by atoms with Gasteiger partial charge in [0.1, 0.15) is 5.52 Å². The molecule has 3 aromatic carbocycles. The Morgan fingerprint density at radius 3 is 2.47 bits per heavy atom. The first-order valence-corrected chi connectivity index (χ1v) is 15.8. The van der Waals surface area contributed by atoms with Crippen molar-refractivity contribution < 1.29 is 36.4 Å². The summed E-state index contributed by atoms with van der Waals surface area (Å²) in [6.07, 6.45) is 1.12. The number of methoxy groups -OCH3 is 1. The lowest BCUT2D eigenvalue weighted by atomic mass is 9.84. The fourth-order valence-corrected chi connectivity index (χ4v) is 5.21. The lowest BCUT2D eigenvalue weighted by Crippen LogP contribution is -2.15. The average molecular weight is 612 g/mol. The van der Waals surface area contributed by atoms with Crippen LogP contribution < -0.4 is 0 Å². The van der Waals surface area contributed by atoms with Crippen LogP contribution in [0.15, 0.2) is 48.5 Å². The molecule has 11 nitrogen and oxygen atoms in total. The molecule has 0 aliphatic heterocycles. The van der Waals surface area contributed by atoms with E-state index in [1.54, 1.807) is 16.8 Å². The molecule has 0 saturated carbocycles. The molecule has 0 amide bonds. The maximum Gasteiger partial charge on any atom is 0.337 e. The number of rotatable bonds is 14. The van der Waals surface area contributed by atoms with Gasteiger partial charge in [0, 0.05) is 5.92 Å². The van der Waals surface area contributed by atoms with Crippen molar-refractivity contribution in [1.82, 2.24) is 15.0 Å². The number of ether oxygens (including phenoxy) is 3. The molecule has 0 spiro atoms. The summed E-state index contributed by atoms with van der Waals surface area (Å²) in [6.45, 7) is 7.04. The second-order valence-corrected chi connectivity index (χ2v) is 12.4. The van der Waals surface area contributed by atoms with Crippen molar-refractivity contribution in [2.24, 2.45) is 5.92 Å². The first-order valence-electron chi connectivity index (χ1n) is 14.0. The van der Waals surface area contributed by atoms with E-state index in [4.69, 9.17) is 14.2 Å². The smallest absolute Gasteiger partial charge is 0.337 e. The molecule has 12 heteroatoms. The molecule has 1 heterocycles. The van der Waals surface area contributed by atoms with Gasteiger partial charge in [-0.3, -0.25) is 8.98 Å². The van der Waals surface area contributed by atoms with Crippen LogP contribution in [0.4, 0.5) is 0 Å². The summed E-state index contributed by atoms with van der Waals surface area (Å²) in [7, 11) is -2.16. The number of fused-ring (bicyclic) bond motifs is 2. The number of benzene rings is 3. The minimum Gasteiger partial charge on any atom is -0.465 e. The van der Waals surface area contributed by atoms with E-state index in [-0.39, 0.29) is 37.4 Å². The highest BCUT2D eigenvalue weighted by Gasteiger charge is 2.24. The van der Waals surface area contributed by atoms with Crippen molar-refractivity contribution in [2.75, 3.05) is 39.8 Å². The fraction of sp³-hybridized carbons (Fsp3) is 0.419. The van der Waals surface area contributed by atoms with Gasteiger partial charge in [0.15, 0.2) is 0 Å². The first kappa shape index (κ1) is 32.1. The third kappa shape index (κ3) is 8.37. The van der Waals surface area contributed by atoms with Crippen molar-refractivity contribution in [2.45, 2.75) is 39.7 Å². The van der Waals surface area contributed by atoms with Crippen molar-refractivity contribution in [1.29, 1.82) is 0 Å². The van der Waals surface area contributed by atoms with Crippen molar-refractivity contribution in [3.05, 3.63) is 70.8 Å². The standard InChI is InChI=1S/C31H37N3O8S/c1-20(2)19-41-29(35)18-27(23-8-6-22-7-9-24(31(36)39-4)17-25(22)16-23)26-10-11-28-30(21(26)3)32-33-34(28)12-13-40-14-15-42-43(5,37)38/h6-11,16-17,20,27H,12-15,18-19H2,1-5H3. The van der Waals surface area contributed by atoms with E-state index >= 15 is 0 Å². The zero-order chi connectivity index (χ0) is 31.1. The van der Waals surface area contributed by atoms with Crippen LogP contribution in [0.5, 0.6) is 0 Å². The Morgan fingerprint density at radius 2 is 1.74 bits per heavy atom. The summed E-state index contributed by atoms with van der Waals surface area (Å²) in [4.78, 5) is 25.2. The van der Waals surface area contributed by atoms with E-state index < -0.39 is 16.1 Å². The van der Waals surface area contributed by atoms with Crippen LogP contribution >= 0.6 is 0 Å². The maximum absolute atomic E-state index is 13.0. The van der Waals surface area contributed by atoms with Crippen molar-refractivity contribution in [3.63, 3.8) is 0 Å². The molecule has 0 radical (unpaired) electrons. The van der Waals surface area contributed by atoms with E-state index in [1.165, 1.54) is 7.11 Å². The second-order valence-electron chi connectivity index (χ2n) is 10.7. The Bertz CT molecular complexity index is 1720. The summed E-state index contributed by atoms with van der Waals surface area (Å²) in [5.74, 6) is -0.844. The largest absolute Gasteiger partial charge is 0.465 e. The highest BCUT2D eigenvalue weighted by Crippen LogP contribution is 2.35. The minimum atomic E-state index is -3.51. The quantitative estimate of drug-likeness (QED) is 0.115. The topological polar surface area (TPSA) is 136 Å². The number of hydrogen-bond donors (Lipinski definition) is 0. The van der Waals surface area contributed by atoms with E-state index in [2.05, 4.69) is 14.5 Å². The van der Waals surface area contributed by atoms with Gasteiger partial charge < -0.3 is 14.2 Å². The number of hydrogen-bond acceptors (Lipinski definition) is 10. The minimum absolute atomic E-state index is 0.0564. The Kier molecular flexibility index (Phi) is 10.5. The predicted octanol–water partition coefficient (Wildman–Crippen LogP) is 4.39. The highest BCUT2D eigenvalue weighted by atomic mass is 32.2. The van der Waals surface area contributed by atoms with Gasteiger partial charge in [0.05, 0.1) is 63.8 Å². The Morgan fingerprint density at radius 1 is 0.977 bits per heavy atom. The molecule has 230 valence electrons. The molecule has 0 aliphatic rings. The number of aromatic nitrogens is 3. The maximum atomic E-state index is 13.0. The van der Waals surface area contributed by atoms with E-state index in [9.17, 15) is 18.0 Å². The van der Waals surface area contributed by atoms with Crippen LogP contribution in [-0.4, -0.2) is 75.1 Å². The predicted molar refractivity (Wildman–Crippen MR) is 161 cm³/mol. The van der Waals surface area contributed by atoms with Gasteiger partial charge in [-0.05, 0) is 58.5 Å². The number of esters is 2. The summed E-state index contributed by atoms with van der Waals surface area (Å²) < 4.78 is 44.5. The number of carbonyl (C=O) groups is 2. The molecule has 0 fully saturated rings. The molecule has 1 aromatic heterocycles. The molecule has 0 bridgehead atoms. The normalized spacial score (nSPS) is 12.6. The molecule has 0 N–H and O–H groups in total. The lowest BCUT2D eigenvalue weighted by Gasteiger charge is -2.21. The van der Waals surface area contributed by atoms with E-state index in [0.717, 1.165) is 39.2 Å². The summed E-state index contributed by atoms with van der Waals surface area (Å²) in [6, 6.07) is 15.2. The molecule has 4 rings (SSSR count). The molecular weight excluding hydrogens is 574 g/mol. The van der Waals surface area contributed by atoms with Crippen LogP contribution in [0.1, 0.15) is 53.2 Å². The Hall–Kier alpha value is -3.87. The van der Waals surface area contributed by atoms with Crippen LogP contribution in [-0.2, 0) is 39.9 Å². The van der Waals surface area contributed by atoms with E-state index in [1.807, 2.05) is 57.2 Å². The van der Waals surface area contributed by atoms with Gasteiger partial charge in [-0.2, -0.15) is 8.42 Å². The lowest BCUT2D eigenvalue weighted by molar-refractivity contribution is -0.145. The summed E-state index contributed by atoms with van der Waals surface area (Å²) >= 11 is 0. The fourth-order valence-electron chi connectivity index (χ4n) is 4.84. The first-order chi connectivity index (χ1) is 20.5. The van der Waals surface area contributed by atoms with Crippen LogP contribution in [0.2, 0.25) is 0 Å². The molecule has 1 unspecified atom stereocenters. The van der Waals surface area contributed by atoms with Crippen LogP contribution in [0.3, 0.4) is 0 Å². The monoisotopic (exact) mass is 611 g/mol. The summed E-state index contributed by atoms with van der Waals surface area (Å²) in [5.41, 5.74) is 4.65. The van der Waals surface area contributed by atoms with Crippen molar-refractivity contribution >= 4 is 43.9 Å². The van der Waals surface area contributed by atoms with Gasteiger partial charge >= 0.3 is 11.9 Å². The molecular formula is C31H37N3O8S. The van der Waals surface area contributed by atoms with Gasteiger partial charge in [0.25, 0.3) is 10.1 Å². The Labute approximate surface area is 251 Å². The third-order valence-electron chi connectivity index (χ3n) is 6.97. The zero-order valence-corrected chi connectivity index (χ0v) is 25.8. The second kappa shape index (κ2) is 14.1. The van der Waals surface area contributed by atoms with Gasteiger partial charge in [-0.1, -0.05) is 49.4 Å². The molecule has 43 heavy (non-hydrogen) atoms. The molecule has 1 atom stereocenters. The number of nitrogens with zero attached hydrogens (tertiary/aromatic N) is 3. The summed E-state index contributed by atoms with van der Waals surface area (Å²) in [5, 5.41) is 10.5. The van der Waals surface area contributed by atoms with Crippen LogP contribution in [0, 0.1) is 12.8 Å². The average Bonchev–Trinajstić information content (AvgIpc) is 3.39. The van der Waals surface area contributed by atoms with Gasteiger partial charge in [-0.25, -0.2) is 9.48 Å². The molecule has 0 saturated heterocycles. The molecule has 4 aromatic rings. The number of aryl methyl sites for hydroxylation is 1. The van der Waals surface area contributed by atoms with E-state index in [0.29, 0.717) is 30.8 Å². The highest BCUT2D eigenvalue weighted by molar-refractivity contribution is 7.85. The molecule has 0 aliphatic carbocycles. The SMILES string of the molecule is COC(=O)c1ccc2ccc(C(CC(=O)OCC(C)C)c3ccc4c(nnn4CCOCCOS(C)(=O)=O)c3C)cc2c1.